The molecule has 2 aliphatic heterocycles. The van der Waals surface area contributed by atoms with Gasteiger partial charge in [-0.05, 0) is 61.0 Å². The van der Waals surface area contributed by atoms with Crippen LogP contribution in [-0.4, -0.2) is 70.7 Å². The van der Waals surface area contributed by atoms with Gasteiger partial charge in [0.15, 0.2) is 6.30 Å². The summed E-state index contributed by atoms with van der Waals surface area (Å²) in [5, 5.41) is 4.09. The standard InChI is InChI=1S/C28H28F2N6O2/c1-18-14-23(36-17-21(29)15-25(36)30)6-7-24(18)35-9-8-20-16-31-28(33-26(20)35)32-22-4-2-19(3-5-22)27(37)34-10-12-38-13-11-34/h2-9,14,16,21,25H,10-13,15,17H2,1H3,(H,31,32,33). The molecule has 196 valence electrons. The summed E-state index contributed by atoms with van der Waals surface area (Å²) in [6, 6.07) is 14.8. The van der Waals surface area contributed by atoms with Gasteiger partial charge < -0.3 is 24.4 Å². The first-order valence-electron chi connectivity index (χ1n) is 12.7. The van der Waals surface area contributed by atoms with Gasteiger partial charge in [-0.1, -0.05) is 0 Å². The van der Waals surface area contributed by atoms with E-state index < -0.39 is 12.5 Å². The molecule has 2 unspecified atom stereocenters. The van der Waals surface area contributed by atoms with Gasteiger partial charge in [0.1, 0.15) is 11.8 Å². The van der Waals surface area contributed by atoms with Crippen molar-refractivity contribution in [3.63, 3.8) is 0 Å². The Kier molecular flexibility index (Phi) is 6.40. The van der Waals surface area contributed by atoms with E-state index in [1.165, 1.54) is 4.90 Å². The van der Waals surface area contributed by atoms with Crippen molar-refractivity contribution in [1.29, 1.82) is 0 Å². The first-order chi connectivity index (χ1) is 18.5. The Labute approximate surface area is 218 Å². The quantitative estimate of drug-likeness (QED) is 0.383. The number of morpholine rings is 1. The number of aryl methyl sites for hydroxylation is 1. The number of nitrogens with zero attached hydrogens (tertiary/aromatic N) is 5. The van der Waals surface area contributed by atoms with Gasteiger partial charge in [-0.15, -0.1) is 0 Å². The molecule has 2 aromatic heterocycles. The number of fused-ring (bicyclic) bond motifs is 1. The van der Waals surface area contributed by atoms with Gasteiger partial charge in [0.2, 0.25) is 5.95 Å². The summed E-state index contributed by atoms with van der Waals surface area (Å²) >= 11 is 0. The lowest BCUT2D eigenvalue weighted by Crippen LogP contribution is -2.40. The van der Waals surface area contributed by atoms with Gasteiger partial charge in [-0.25, -0.2) is 13.8 Å². The van der Waals surface area contributed by atoms with Crippen molar-refractivity contribution in [3.05, 3.63) is 72.1 Å². The van der Waals surface area contributed by atoms with E-state index >= 15 is 0 Å². The second-order valence-corrected chi connectivity index (χ2v) is 9.66. The molecule has 2 fully saturated rings. The molecule has 0 aliphatic carbocycles. The Hall–Kier alpha value is -4.05. The minimum Gasteiger partial charge on any atom is -0.378 e. The predicted molar refractivity (Wildman–Crippen MR) is 142 cm³/mol. The van der Waals surface area contributed by atoms with Gasteiger partial charge in [0.05, 0.1) is 25.4 Å². The summed E-state index contributed by atoms with van der Waals surface area (Å²) < 4.78 is 35.2. The Morgan fingerprint density at radius 3 is 2.58 bits per heavy atom. The van der Waals surface area contributed by atoms with E-state index in [9.17, 15) is 13.6 Å². The van der Waals surface area contributed by atoms with Crippen molar-refractivity contribution in [2.24, 2.45) is 0 Å². The normalized spacial score (nSPS) is 19.8. The molecule has 4 heterocycles. The number of hydrogen-bond acceptors (Lipinski definition) is 6. The maximum absolute atomic E-state index is 14.2. The number of nitrogens with one attached hydrogen (secondary N) is 1. The van der Waals surface area contributed by atoms with E-state index in [-0.39, 0.29) is 18.9 Å². The molecule has 8 nitrogen and oxygen atoms in total. The largest absolute Gasteiger partial charge is 0.378 e. The summed E-state index contributed by atoms with van der Waals surface area (Å²) in [5.74, 6) is 0.415. The number of carbonyl (C=O) groups excluding carboxylic acids is 1. The van der Waals surface area contributed by atoms with E-state index in [4.69, 9.17) is 9.72 Å². The summed E-state index contributed by atoms with van der Waals surface area (Å²) in [4.78, 5) is 25.1. The zero-order chi connectivity index (χ0) is 26.2. The number of amides is 1. The molecule has 4 aromatic rings. The van der Waals surface area contributed by atoms with Crippen LogP contribution >= 0.6 is 0 Å². The first-order valence-corrected chi connectivity index (χ1v) is 12.7. The molecule has 2 atom stereocenters. The van der Waals surface area contributed by atoms with Crippen LogP contribution < -0.4 is 10.2 Å². The van der Waals surface area contributed by atoms with Crippen molar-refractivity contribution >= 4 is 34.3 Å². The number of alkyl halides is 2. The summed E-state index contributed by atoms with van der Waals surface area (Å²) in [6.45, 7) is 4.33. The molecule has 0 bridgehead atoms. The zero-order valence-corrected chi connectivity index (χ0v) is 21.0. The predicted octanol–water partition coefficient (Wildman–Crippen LogP) is 4.79. The number of aromatic nitrogens is 3. The van der Waals surface area contributed by atoms with E-state index in [0.717, 1.165) is 22.3 Å². The summed E-state index contributed by atoms with van der Waals surface area (Å²) in [7, 11) is 0. The average Bonchev–Trinajstić information content (AvgIpc) is 3.51. The molecular weight excluding hydrogens is 490 g/mol. The highest BCUT2D eigenvalue weighted by Gasteiger charge is 2.32. The molecule has 0 saturated carbocycles. The molecule has 1 N–H and O–H groups in total. The maximum atomic E-state index is 14.2. The SMILES string of the molecule is Cc1cc(N2CC(F)CC2F)ccc1-n1ccc2cnc(Nc3ccc(C(=O)N4CCOCC4)cc3)nc21. The monoisotopic (exact) mass is 518 g/mol. The highest BCUT2D eigenvalue weighted by Crippen LogP contribution is 2.31. The minimum atomic E-state index is -1.31. The Bertz CT molecular complexity index is 1470. The minimum absolute atomic E-state index is 0.00647. The van der Waals surface area contributed by atoms with Gasteiger partial charge in [0, 0.05) is 54.2 Å². The summed E-state index contributed by atoms with van der Waals surface area (Å²) in [6.07, 6.45) is 1.11. The third-order valence-electron chi connectivity index (χ3n) is 7.07. The molecule has 6 rings (SSSR count). The Morgan fingerprint density at radius 2 is 1.87 bits per heavy atom. The fourth-order valence-electron chi connectivity index (χ4n) is 5.04. The molecule has 0 radical (unpaired) electrons. The smallest absolute Gasteiger partial charge is 0.254 e. The first kappa shape index (κ1) is 24.3. The van der Waals surface area contributed by atoms with Gasteiger partial charge in [0.25, 0.3) is 5.91 Å². The van der Waals surface area contributed by atoms with Crippen molar-refractivity contribution in [2.45, 2.75) is 25.8 Å². The molecular formula is C28H28F2N6O2. The number of hydrogen-bond donors (Lipinski definition) is 1. The number of carbonyl (C=O) groups is 1. The van der Waals surface area contributed by atoms with E-state index in [0.29, 0.717) is 49.1 Å². The fraction of sp³-hybridized carbons (Fsp3) is 0.321. The lowest BCUT2D eigenvalue weighted by atomic mass is 10.1. The van der Waals surface area contributed by atoms with Gasteiger partial charge >= 0.3 is 0 Å². The lowest BCUT2D eigenvalue weighted by molar-refractivity contribution is 0.0303. The van der Waals surface area contributed by atoms with Crippen LogP contribution in [0.3, 0.4) is 0 Å². The number of ether oxygens (including phenoxy) is 1. The molecule has 2 saturated heterocycles. The molecule has 10 heteroatoms. The van der Waals surface area contributed by atoms with Gasteiger partial charge in [-0.2, -0.15) is 4.98 Å². The zero-order valence-electron chi connectivity index (χ0n) is 21.0. The van der Waals surface area contributed by atoms with E-state index in [1.807, 2.05) is 54.1 Å². The topological polar surface area (TPSA) is 75.5 Å². The Morgan fingerprint density at radius 1 is 1.08 bits per heavy atom. The average molecular weight is 519 g/mol. The Balaban J connectivity index is 1.22. The van der Waals surface area contributed by atoms with Crippen LogP contribution in [0.5, 0.6) is 0 Å². The third-order valence-corrected chi connectivity index (χ3v) is 7.07. The molecule has 2 aromatic carbocycles. The molecule has 1 amide bonds. The number of halogens is 2. The second-order valence-electron chi connectivity index (χ2n) is 9.66. The summed E-state index contributed by atoms with van der Waals surface area (Å²) in [5.41, 5.74) is 4.58. The third kappa shape index (κ3) is 4.67. The fourth-order valence-corrected chi connectivity index (χ4v) is 5.04. The van der Waals surface area contributed by atoms with Crippen molar-refractivity contribution in [3.8, 4) is 5.69 Å². The van der Waals surface area contributed by atoms with E-state index in [2.05, 4.69) is 10.3 Å². The molecule has 38 heavy (non-hydrogen) atoms. The van der Waals surface area contributed by atoms with Crippen LogP contribution in [0.1, 0.15) is 22.3 Å². The van der Waals surface area contributed by atoms with Gasteiger partial charge in [-0.3, -0.25) is 4.79 Å². The van der Waals surface area contributed by atoms with Crippen LogP contribution in [0, 0.1) is 6.92 Å². The van der Waals surface area contributed by atoms with Crippen LogP contribution in [0.25, 0.3) is 16.7 Å². The number of anilines is 3. The molecule has 0 spiro atoms. The highest BCUT2D eigenvalue weighted by molar-refractivity contribution is 5.94. The molecule has 2 aliphatic rings. The van der Waals surface area contributed by atoms with Crippen LogP contribution in [0.4, 0.5) is 26.1 Å². The van der Waals surface area contributed by atoms with Crippen LogP contribution in [0.15, 0.2) is 60.9 Å². The highest BCUT2D eigenvalue weighted by atomic mass is 19.1. The second kappa shape index (κ2) is 10.0. The van der Waals surface area contributed by atoms with Crippen LogP contribution in [0.2, 0.25) is 0 Å². The number of rotatable bonds is 5. The van der Waals surface area contributed by atoms with Crippen LogP contribution in [-0.2, 0) is 4.74 Å². The number of benzene rings is 2. The maximum Gasteiger partial charge on any atom is 0.254 e. The van der Waals surface area contributed by atoms with Crippen molar-refractivity contribution in [1.82, 2.24) is 19.4 Å². The lowest BCUT2D eigenvalue weighted by Gasteiger charge is -2.26. The van der Waals surface area contributed by atoms with Crippen molar-refractivity contribution < 1.29 is 18.3 Å². The van der Waals surface area contributed by atoms with E-state index in [1.54, 1.807) is 23.2 Å². The van der Waals surface area contributed by atoms with Crippen molar-refractivity contribution in [2.75, 3.05) is 43.1 Å².